The van der Waals surface area contributed by atoms with Gasteiger partial charge in [-0.3, -0.25) is 4.98 Å². The molecule has 5 nitrogen and oxygen atoms in total. The highest BCUT2D eigenvalue weighted by Gasteiger charge is 2.36. The molecule has 1 aliphatic carbocycles. The van der Waals surface area contributed by atoms with Gasteiger partial charge in [0.25, 0.3) is 0 Å². The van der Waals surface area contributed by atoms with E-state index in [-0.39, 0.29) is 18.9 Å². The lowest BCUT2D eigenvalue weighted by Gasteiger charge is -2.30. The first-order valence-electron chi connectivity index (χ1n) is 9.12. The molecule has 0 unspecified atom stereocenters. The fourth-order valence-corrected chi connectivity index (χ4v) is 4.07. The minimum atomic E-state index is -2.57. The number of aromatic nitrogens is 4. The predicted molar refractivity (Wildman–Crippen MR) is 96.8 cm³/mol. The Labute approximate surface area is 154 Å². The number of benzene rings is 1. The number of rotatable bonds is 3. The van der Waals surface area contributed by atoms with Crippen LogP contribution in [0.1, 0.15) is 43.2 Å². The zero-order valence-corrected chi connectivity index (χ0v) is 14.6. The van der Waals surface area contributed by atoms with E-state index in [0.29, 0.717) is 19.3 Å². The highest BCUT2D eigenvalue weighted by Crippen LogP contribution is 2.41. The quantitative estimate of drug-likeness (QED) is 0.515. The molecule has 0 spiro atoms. The summed E-state index contributed by atoms with van der Waals surface area (Å²) >= 11 is 0. The molecule has 0 aliphatic heterocycles. The fraction of sp³-hybridized carbons (Fsp3) is 0.350. The van der Waals surface area contributed by atoms with Crippen LogP contribution in [0.4, 0.5) is 8.78 Å². The summed E-state index contributed by atoms with van der Waals surface area (Å²) < 4.78 is 34.6. The maximum Gasteiger partial charge on any atom is 0.248 e. The van der Waals surface area contributed by atoms with Crippen molar-refractivity contribution in [2.75, 3.05) is 0 Å². The first kappa shape index (κ1) is 16.4. The number of alkyl halides is 2. The van der Waals surface area contributed by atoms with Crippen molar-refractivity contribution in [2.24, 2.45) is 0 Å². The number of fused-ring (bicyclic) bond motifs is 3. The Hall–Kier alpha value is -2.83. The van der Waals surface area contributed by atoms with Gasteiger partial charge in [0.15, 0.2) is 0 Å². The van der Waals surface area contributed by atoms with Crippen LogP contribution >= 0.6 is 0 Å². The van der Waals surface area contributed by atoms with Crippen molar-refractivity contribution in [3.8, 4) is 0 Å². The molecule has 0 radical (unpaired) electrons. The van der Waals surface area contributed by atoms with Crippen LogP contribution in [0, 0.1) is 0 Å². The molecule has 3 aromatic heterocycles. The lowest BCUT2D eigenvalue weighted by atomic mass is 9.91. The van der Waals surface area contributed by atoms with Gasteiger partial charge in [0.1, 0.15) is 17.6 Å². The first-order valence-corrected chi connectivity index (χ1v) is 9.12. The highest BCUT2D eigenvalue weighted by atomic mass is 19.3. The monoisotopic (exact) mass is 368 g/mol. The second kappa shape index (κ2) is 6.11. The summed E-state index contributed by atoms with van der Waals surface area (Å²) in [6.45, 7) is 0. The van der Waals surface area contributed by atoms with E-state index in [2.05, 4.69) is 14.7 Å². The van der Waals surface area contributed by atoms with Gasteiger partial charge in [0.2, 0.25) is 5.92 Å². The standard InChI is InChI=1S/C20H18F2N4O/c21-20(22)8-5-14(6-9-20)26-18(11-13-7-10-27-25-13)24-17-12-23-16-4-2-1-3-15(16)19(17)26/h1-4,7,10,12,14H,5-6,8-9,11H2. The number of para-hydroxylation sites is 1. The Balaban J connectivity index is 1.70. The average molecular weight is 368 g/mol. The van der Waals surface area contributed by atoms with Crippen LogP contribution in [-0.4, -0.2) is 25.6 Å². The molecule has 0 amide bonds. The van der Waals surface area contributed by atoms with E-state index in [1.165, 1.54) is 6.26 Å². The summed E-state index contributed by atoms with van der Waals surface area (Å²) in [6.07, 6.45) is 4.46. The number of hydrogen-bond acceptors (Lipinski definition) is 4. The van der Waals surface area contributed by atoms with Crippen molar-refractivity contribution in [1.29, 1.82) is 0 Å². The summed E-state index contributed by atoms with van der Waals surface area (Å²) in [7, 11) is 0. The first-order chi connectivity index (χ1) is 13.1. The molecule has 138 valence electrons. The summed E-state index contributed by atoms with van der Waals surface area (Å²) in [5.74, 6) is -1.75. The van der Waals surface area contributed by atoms with Crippen LogP contribution < -0.4 is 0 Å². The third-order valence-corrected chi connectivity index (χ3v) is 5.38. The van der Waals surface area contributed by atoms with Crippen molar-refractivity contribution in [3.63, 3.8) is 0 Å². The van der Waals surface area contributed by atoms with Gasteiger partial charge in [-0.2, -0.15) is 0 Å². The van der Waals surface area contributed by atoms with Crippen LogP contribution in [0.15, 0.2) is 47.3 Å². The molecule has 4 aromatic rings. The molecule has 1 aliphatic rings. The normalized spacial score (nSPS) is 17.7. The third kappa shape index (κ3) is 2.87. The van der Waals surface area contributed by atoms with Gasteiger partial charge in [-0.15, -0.1) is 0 Å². The smallest absolute Gasteiger partial charge is 0.248 e. The summed E-state index contributed by atoms with van der Waals surface area (Å²) in [5.41, 5.74) is 3.39. The predicted octanol–water partition coefficient (Wildman–Crippen LogP) is 4.91. The molecular formula is C20H18F2N4O. The van der Waals surface area contributed by atoms with E-state index in [1.54, 1.807) is 12.3 Å². The lowest BCUT2D eigenvalue weighted by molar-refractivity contribution is -0.0438. The summed E-state index contributed by atoms with van der Waals surface area (Å²) in [5, 5.41) is 4.98. The van der Waals surface area contributed by atoms with E-state index in [1.807, 2.05) is 24.3 Å². The Morgan fingerprint density at radius 3 is 2.70 bits per heavy atom. The van der Waals surface area contributed by atoms with Crippen LogP contribution in [0.25, 0.3) is 21.9 Å². The maximum atomic E-state index is 13.7. The van der Waals surface area contributed by atoms with Crippen LogP contribution in [0.3, 0.4) is 0 Å². The van der Waals surface area contributed by atoms with Crippen molar-refractivity contribution < 1.29 is 13.3 Å². The van der Waals surface area contributed by atoms with Gasteiger partial charge < -0.3 is 9.09 Å². The van der Waals surface area contributed by atoms with Crippen molar-refractivity contribution in [2.45, 2.75) is 44.1 Å². The molecule has 1 saturated carbocycles. The molecule has 5 rings (SSSR count). The van der Waals surface area contributed by atoms with E-state index in [0.717, 1.165) is 33.5 Å². The lowest BCUT2D eigenvalue weighted by Crippen LogP contribution is -2.27. The second-order valence-electron chi connectivity index (χ2n) is 7.16. The third-order valence-electron chi connectivity index (χ3n) is 5.38. The maximum absolute atomic E-state index is 13.7. The van der Waals surface area contributed by atoms with E-state index in [4.69, 9.17) is 9.51 Å². The van der Waals surface area contributed by atoms with Gasteiger partial charge in [0, 0.05) is 30.3 Å². The minimum absolute atomic E-state index is 0.0117. The number of hydrogen-bond donors (Lipinski definition) is 0. The van der Waals surface area contributed by atoms with Gasteiger partial charge in [-0.05, 0) is 18.9 Å². The van der Waals surface area contributed by atoms with Gasteiger partial charge in [-0.25, -0.2) is 13.8 Å². The molecule has 27 heavy (non-hydrogen) atoms. The molecule has 0 saturated heterocycles. The molecule has 0 N–H and O–H groups in total. The van der Waals surface area contributed by atoms with Gasteiger partial charge >= 0.3 is 0 Å². The van der Waals surface area contributed by atoms with Crippen LogP contribution in [-0.2, 0) is 6.42 Å². The summed E-state index contributed by atoms with van der Waals surface area (Å²) in [6, 6.07) is 9.67. The Morgan fingerprint density at radius 2 is 1.93 bits per heavy atom. The number of halogens is 2. The molecule has 1 fully saturated rings. The molecule has 0 bridgehead atoms. The molecule has 0 atom stereocenters. The zero-order chi connectivity index (χ0) is 18.4. The SMILES string of the molecule is FC1(F)CCC(n2c(Cc3ccon3)nc3cnc4ccccc4c32)CC1. The van der Waals surface area contributed by atoms with Gasteiger partial charge in [0.05, 0.1) is 29.3 Å². The number of nitrogens with zero attached hydrogens (tertiary/aromatic N) is 4. The van der Waals surface area contributed by atoms with Crippen molar-refractivity contribution >= 4 is 21.9 Å². The molecule has 7 heteroatoms. The molecule has 3 heterocycles. The Morgan fingerprint density at radius 1 is 1.11 bits per heavy atom. The molecular weight excluding hydrogens is 350 g/mol. The zero-order valence-electron chi connectivity index (χ0n) is 14.6. The largest absolute Gasteiger partial charge is 0.364 e. The van der Waals surface area contributed by atoms with E-state index >= 15 is 0 Å². The fourth-order valence-electron chi connectivity index (χ4n) is 4.07. The van der Waals surface area contributed by atoms with Crippen molar-refractivity contribution in [3.05, 3.63) is 54.3 Å². The average Bonchev–Trinajstić information content (AvgIpc) is 3.30. The Kier molecular flexibility index (Phi) is 3.70. The van der Waals surface area contributed by atoms with E-state index in [9.17, 15) is 8.78 Å². The number of pyridine rings is 1. The summed E-state index contributed by atoms with van der Waals surface area (Å²) in [4.78, 5) is 9.28. The van der Waals surface area contributed by atoms with Crippen molar-refractivity contribution in [1.82, 2.24) is 19.7 Å². The van der Waals surface area contributed by atoms with Crippen LogP contribution in [0.2, 0.25) is 0 Å². The second-order valence-corrected chi connectivity index (χ2v) is 7.16. The Bertz CT molecular complexity index is 1090. The van der Waals surface area contributed by atoms with Gasteiger partial charge in [-0.1, -0.05) is 23.4 Å². The topological polar surface area (TPSA) is 56.7 Å². The highest BCUT2D eigenvalue weighted by molar-refractivity contribution is 6.02. The number of imidazole rings is 1. The van der Waals surface area contributed by atoms with Crippen LogP contribution in [0.5, 0.6) is 0 Å². The van der Waals surface area contributed by atoms with E-state index < -0.39 is 5.92 Å². The molecule has 1 aromatic carbocycles. The minimum Gasteiger partial charge on any atom is -0.364 e.